The van der Waals surface area contributed by atoms with Gasteiger partial charge in [0.25, 0.3) is 0 Å². The highest BCUT2D eigenvalue weighted by atomic mass is 16.5. The Hall–Kier alpha value is -2.82. The average Bonchev–Trinajstić information content (AvgIpc) is 2.58. The largest absolute Gasteiger partial charge is 0.491 e. The molecule has 0 atom stereocenters. The van der Waals surface area contributed by atoms with E-state index in [1.807, 2.05) is 31.2 Å². The van der Waals surface area contributed by atoms with Crippen molar-refractivity contribution in [1.29, 1.82) is 0 Å². The molecular formula is C18H21N3O2. The number of carbonyl (C=O) groups excluding carboxylic acids is 1. The second kappa shape index (κ2) is 8.58. The fraction of sp³-hybridized carbons (Fsp3) is 0.222. The molecular weight excluding hydrogens is 290 g/mol. The number of hydrogen-bond donors (Lipinski definition) is 2. The van der Waals surface area contributed by atoms with Gasteiger partial charge in [0, 0.05) is 25.0 Å². The number of nitrogen functional groups attached to an aromatic ring is 1. The van der Waals surface area contributed by atoms with E-state index < -0.39 is 0 Å². The molecule has 0 aliphatic carbocycles. The maximum absolute atomic E-state index is 11.8. The fourth-order valence-corrected chi connectivity index (χ4v) is 1.93. The zero-order valence-electron chi connectivity index (χ0n) is 13.2. The van der Waals surface area contributed by atoms with Crippen LogP contribution in [-0.4, -0.2) is 17.5 Å². The van der Waals surface area contributed by atoms with Gasteiger partial charge in [0.2, 0.25) is 5.91 Å². The second-order valence-electron chi connectivity index (χ2n) is 5.05. The summed E-state index contributed by atoms with van der Waals surface area (Å²) in [5.41, 5.74) is 8.36. The minimum atomic E-state index is -0.160. The van der Waals surface area contributed by atoms with Gasteiger partial charge >= 0.3 is 0 Å². The maximum Gasteiger partial charge on any atom is 0.244 e. The summed E-state index contributed by atoms with van der Waals surface area (Å²) in [7, 11) is 0. The molecule has 0 aliphatic rings. The topological polar surface area (TPSA) is 77.2 Å². The SMILES string of the molecule is CCCOc1ccc(/C=C\C(=O)NCc2ccncc2)cc1N. The summed E-state index contributed by atoms with van der Waals surface area (Å²) in [6.07, 6.45) is 7.54. The van der Waals surface area contributed by atoms with Crippen LogP contribution < -0.4 is 15.8 Å². The van der Waals surface area contributed by atoms with Gasteiger partial charge in [-0.3, -0.25) is 9.78 Å². The monoisotopic (exact) mass is 311 g/mol. The van der Waals surface area contributed by atoms with Crippen LogP contribution in [0.4, 0.5) is 5.69 Å². The van der Waals surface area contributed by atoms with Gasteiger partial charge in [-0.15, -0.1) is 0 Å². The van der Waals surface area contributed by atoms with Crippen molar-refractivity contribution in [3.05, 3.63) is 59.9 Å². The van der Waals surface area contributed by atoms with E-state index in [9.17, 15) is 4.79 Å². The minimum absolute atomic E-state index is 0.160. The van der Waals surface area contributed by atoms with Gasteiger partial charge in [-0.05, 0) is 47.9 Å². The van der Waals surface area contributed by atoms with Crippen LogP contribution in [0, 0.1) is 0 Å². The van der Waals surface area contributed by atoms with Crippen LogP contribution in [0.1, 0.15) is 24.5 Å². The molecule has 5 nitrogen and oxygen atoms in total. The number of carbonyl (C=O) groups is 1. The lowest BCUT2D eigenvalue weighted by atomic mass is 10.1. The minimum Gasteiger partial charge on any atom is -0.491 e. The van der Waals surface area contributed by atoms with Crippen LogP contribution in [-0.2, 0) is 11.3 Å². The normalized spacial score (nSPS) is 10.7. The summed E-state index contributed by atoms with van der Waals surface area (Å²) in [4.78, 5) is 15.7. The smallest absolute Gasteiger partial charge is 0.244 e. The first-order valence-electron chi connectivity index (χ1n) is 7.56. The Morgan fingerprint density at radius 2 is 2.09 bits per heavy atom. The number of benzene rings is 1. The van der Waals surface area contributed by atoms with Crippen molar-refractivity contribution in [2.75, 3.05) is 12.3 Å². The summed E-state index contributed by atoms with van der Waals surface area (Å²) in [6, 6.07) is 9.20. The molecule has 2 rings (SSSR count). The number of ether oxygens (including phenoxy) is 1. The molecule has 1 heterocycles. The Morgan fingerprint density at radius 1 is 1.30 bits per heavy atom. The van der Waals surface area contributed by atoms with Gasteiger partial charge in [0.05, 0.1) is 12.3 Å². The van der Waals surface area contributed by atoms with E-state index in [-0.39, 0.29) is 5.91 Å². The first-order chi connectivity index (χ1) is 11.2. The van der Waals surface area contributed by atoms with Gasteiger partial charge < -0.3 is 15.8 Å². The summed E-state index contributed by atoms with van der Waals surface area (Å²) in [5.74, 6) is 0.512. The number of nitrogens with two attached hydrogens (primary N) is 1. The molecule has 1 aromatic carbocycles. The highest BCUT2D eigenvalue weighted by molar-refractivity contribution is 5.91. The molecule has 0 fully saturated rings. The lowest BCUT2D eigenvalue weighted by molar-refractivity contribution is -0.116. The third-order valence-corrected chi connectivity index (χ3v) is 3.14. The Bertz CT molecular complexity index is 669. The van der Waals surface area contributed by atoms with E-state index in [0.717, 1.165) is 17.5 Å². The number of amides is 1. The molecule has 0 unspecified atom stereocenters. The van der Waals surface area contributed by atoms with Crippen LogP contribution in [0.2, 0.25) is 0 Å². The number of pyridine rings is 1. The van der Waals surface area contributed by atoms with Crippen LogP contribution >= 0.6 is 0 Å². The van der Waals surface area contributed by atoms with E-state index >= 15 is 0 Å². The summed E-state index contributed by atoms with van der Waals surface area (Å²) in [6.45, 7) is 3.15. The molecule has 3 N–H and O–H groups in total. The van der Waals surface area contributed by atoms with E-state index in [1.165, 1.54) is 6.08 Å². The van der Waals surface area contributed by atoms with Crippen LogP contribution in [0.25, 0.3) is 6.08 Å². The molecule has 23 heavy (non-hydrogen) atoms. The average molecular weight is 311 g/mol. The number of nitrogens with zero attached hydrogens (tertiary/aromatic N) is 1. The van der Waals surface area contributed by atoms with Crippen molar-refractivity contribution in [2.24, 2.45) is 0 Å². The molecule has 0 bridgehead atoms. The van der Waals surface area contributed by atoms with Gasteiger partial charge in [0.15, 0.2) is 0 Å². The Labute approximate surface area is 136 Å². The van der Waals surface area contributed by atoms with Crippen LogP contribution in [0.5, 0.6) is 5.75 Å². The third kappa shape index (κ3) is 5.47. The predicted molar refractivity (Wildman–Crippen MR) is 91.8 cm³/mol. The molecule has 5 heteroatoms. The zero-order valence-corrected chi connectivity index (χ0v) is 13.2. The molecule has 0 saturated heterocycles. The summed E-state index contributed by atoms with van der Waals surface area (Å²) in [5, 5.41) is 2.81. The first-order valence-corrected chi connectivity index (χ1v) is 7.56. The van der Waals surface area contributed by atoms with E-state index in [1.54, 1.807) is 24.5 Å². The van der Waals surface area contributed by atoms with Crippen molar-refractivity contribution in [3.63, 3.8) is 0 Å². The number of rotatable bonds is 7. The molecule has 1 amide bonds. The molecule has 0 radical (unpaired) electrons. The van der Waals surface area contributed by atoms with E-state index in [0.29, 0.717) is 24.6 Å². The van der Waals surface area contributed by atoms with Crippen LogP contribution in [0.3, 0.4) is 0 Å². The highest BCUT2D eigenvalue weighted by Gasteiger charge is 2.01. The second-order valence-corrected chi connectivity index (χ2v) is 5.05. The van der Waals surface area contributed by atoms with Crippen molar-refractivity contribution < 1.29 is 9.53 Å². The van der Waals surface area contributed by atoms with Gasteiger partial charge in [-0.1, -0.05) is 13.0 Å². The zero-order chi connectivity index (χ0) is 16.5. The maximum atomic E-state index is 11.8. The summed E-state index contributed by atoms with van der Waals surface area (Å²) < 4.78 is 5.52. The Balaban J connectivity index is 1.89. The standard InChI is InChI=1S/C18H21N3O2/c1-2-11-23-17-5-3-14(12-16(17)19)4-6-18(22)21-13-15-7-9-20-10-8-15/h3-10,12H,2,11,13,19H2,1H3,(H,21,22)/b6-4-. The number of aromatic nitrogens is 1. The van der Waals surface area contributed by atoms with Crippen molar-refractivity contribution in [2.45, 2.75) is 19.9 Å². The molecule has 120 valence electrons. The first kappa shape index (κ1) is 16.5. The molecule has 1 aromatic heterocycles. The van der Waals surface area contributed by atoms with E-state index in [4.69, 9.17) is 10.5 Å². The highest BCUT2D eigenvalue weighted by Crippen LogP contribution is 2.23. The number of nitrogens with one attached hydrogen (secondary N) is 1. The third-order valence-electron chi connectivity index (χ3n) is 3.14. The quantitative estimate of drug-likeness (QED) is 0.609. The Kier molecular flexibility index (Phi) is 6.17. The van der Waals surface area contributed by atoms with Crippen molar-refractivity contribution >= 4 is 17.7 Å². The van der Waals surface area contributed by atoms with Crippen molar-refractivity contribution in [1.82, 2.24) is 10.3 Å². The van der Waals surface area contributed by atoms with Crippen LogP contribution in [0.15, 0.2) is 48.8 Å². The number of anilines is 1. The molecule has 0 aliphatic heterocycles. The lowest BCUT2D eigenvalue weighted by Crippen LogP contribution is -2.20. The fourth-order valence-electron chi connectivity index (χ4n) is 1.93. The van der Waals surface area contributed by atoms with Crippen molar-refractivity contribution in [3.8, 4) is 5.75 Å². The van der Waals surface area contributed by atoms with Gasteiger partial charge in [0.1, 0.15) is 5.75 Å². The predicted octanol–water partition coefficient (Wildman–Crippen LogP) is 2.78. The summed E-state index contributed by atoms with van der Waals surface area (Å²) >= 11 is 0. The lowest BCUT2D eigenvalue weighted by Gasteiger charge is -2.08. The molecule has 2 aromatic rings. The molecule has 0 saturated carbocycles. The number of hydrogen-bond acceptors (Lipinski definition) is 4. The van der Waals surface area contributed by atoms with Gasteiger partial charge in [-0.2, -0.15) is 0 Å². The molecule has 0 spiro atoms. The van der Waals surface area contributed by atoms with E-state index in [2.05, 4.69) is 10.3 Å². The Morgan fingerprint density at radius 3 is 2.78 bits per heavy atom. The van der Waals surface area contributed by atoms with Gasteiger partial charge in [-0.25, -0.2) is 0 Å².